The Balaban J connectivity index is 2.06. The van der Waals surface area contributed by atoms with Crippen LogP contribution in [0.25, 0.3) is 0 Å². The fourth-order valence-electron chi connectivity index (χ4n) is 3.33. The van der Waals surface area contributed by atoms with E-state index < -0.39 is 5.97 Å². The van der Waals surface area contributed by atoms with Gasteiger partial charge in [-0.15, -0.1) is 5.10 Å². The van der Waals surface area contributed by atoms with E-state index in [9.17, 15) is 9.90 Å². The number of aromatic carboxylic acids is 1. The fourth-order valence-corrected chi connectivity index (χ4v) is 3.33. The van der Waals surface area contributed by atoms with Crippen LogP contribution >= 0.6 is 0 Å². The highest BCUT2D eigenvalue weighted by Gasteiger charge is 2.29. The lowest BCUT2D eigenvalue weighted by Gasteiger charge is -2.28. The molecule has 0 saturated heterocycles. The van der Waals surface area contributed by atoms with E-state index in [-0.39, 0.29) is 5.69 Å². The molecule has 1 aromatic heterocycles. The lowest BCUT2D eigenvalue weighted by molar-refractivity contribution is 0.0688. The molecular weight excluding hydrogens is 254 g/mol. The van der Waals surface area contributed by atoms with E-state index in [1.165, 1.54) is 32.1 Å². The maximum absolute atomic E-state index is 11.3. The summed E-state index contributed by atoms with van der Waals surface area (Å²) < 4.78 is 1.76. The summed E-state index contributed by atoms with van der Waals surface area (Å²) in [5.41, 5.74) is 0.998. The van der Waals surface area contributed by atoms with Crippen LogP contribution in [0.3, 0.4) is 0 Å². The number of nitrogens with zero attached hydrogens (tertiary/aromatic N) is 3. The first-order valence-electron chi connectivity index (χ1n) is 7.84. The van der Waals surface area contributed by atoms with Crippen molar-refractivity contribution in [2.24, 2.45) is 5.92 Å². The van der Waals surface area contributed by atoms with Crippen molar-refractivity contribution in [2.75, 3.05) is 0 Å². The molecule has 1 saturated carbocycles. The van der Waals surface area contributed by atoms with Gasteiger partial charge in [0.05, 0.1) is 5.69 Å². The first-order valence-corrected chi connectivity index (χ1v) is 7.84. The van der Waals surface area contributed by atoms with Crippen LogP contribution in [0, 0.1) is 5.92 Å². The van der Waals surface area contributed by atoms with E-state index in [4.69, 9.17) is 0 Å². The van der Waals surface area contributed by atoms with Crippen LogP contribution in [0.4, 0.5) is 0 Å². The molecule has 5 heteroatoms. The van der Waals surface area contributed by atoms with Crippen LogP contribution in [0.15, 0.2) is 0 Å². The molecule has 1 aliphatic rings. The Bertz CT molecular complexity index is 448. The molecule has 0 aromatic carbocycles. The van der Waals surface area contributed by atoms with Crippen LogP contribution < -0.4 is 0 Å². The number of carbonyl (C=O) groups is 1. The lowest BCUT2D eigenvalue weighted by Crippen LogP contribution is -2.18. The second-order valence-corrected chi connectivity index (χ2v) is 5.80. The molecule has 1 aromatic rings. The largest absolute Gasteiger partial charge is 0.476 e. The van der Waals surface area contributed by atoms with Gasteiger partial charge in [-0.05, 0) is 38.5 Å². The number of unbranched alkanes of at least 4 members (excludes halogenated alkanes) is 1. The molecule has 0 unspecified atom stereocenters. The van der Waals surface area contributed by atoms with E-state index in [0.29, 0.717) is 12.5 Å². The van der Waals surface area contributed by atoms with Gasteiger partial charge in [0.15, 0.2) is 5.69 Å². The molecule has 0 spiro atoms. The van der Waals surface area contributed by atoms with Gasteiger partial charge in [-0.3, -0.25) is 0 Å². The van der Waals surface area contributed by atoms with Crippen molar-refractivity contribution in [1.29, 1.82) is 0 Å². The van der Waals surface area contributed by atoms with Gasteiger partial charge in [-0.2, -0.15) is 0 Å². The highest BCUT2D eigenvalue weighted by atomic mass is 16.4. The summed E-state index contributed by atoms with van der Waals surface area (Å²) in [4.78, 5) is 11.3. The number of hydrogen-bond acceptors (Lipinski definition) is 3. The number of aryl methyl sites for hydroxylation is 1. The van der Waals surface area contributed by atoms with Gasteiger partial charge in [-0.25, -0.2) is 9.48 Å². The molecule has 1 N–H and O–H groups in total. The number of carboxylic acid groups (broad SMARTS) is 1. The monoisotopic (exact) mass is 279 g/mol. The fraction of sp³-hybridized carbons (Fsp3) is 0.800. The maximum Gasteiger partial charge on any atom is 0.358 e. The summed E-state index contributed by atoms with van der Waals surface area (Å²) in [6.07, 6.45) is 8.45. The summed E-state index contributed by atoms with van der Waals surface area (Å²) >= 11 is 0. The van der Waals surface area contributed by atoms with Crippen molar-refractivity contribution in [3.63, 3.8) is 0 Å². The van der Waals surface area contributed by atoms with Gasteiger partial charge in [-0.1, -0.05) is 31.4 Å². The van der Waals surface area contributed by atoms with E-state index >= 15 is 0 Å². The smallest absolute Gasteiger partial charge is 0.358 e. The van der Waals surface area contributed by atoms with Crippen molar-refractivity contribution < 1.29 is 9.90 Å². The Morgan fingerprint density at radius 3 is 2.55 bits per heavy atom. The Kier molecular flexibility index (Phi) is 5.15. The lowest BCUT2D eigenvalue weighted by atomic mass is 9.78. The van der Waals surface area contributed by atoms with Crippen molar-refractivity contribution in [3.05, 3.63) is 11.4 Å². The van der Waals surface area contributed by atoms with Crippen molar-refractivity contribution >= 4 is 5.97 Å². The topological polar surface area (TPSA) is 68.0 Å². The average Bonchev–Trinajstić information content (AvgIpc) is 2.89. The predicted octanol–water partition coefficient (Wildman–Crippen LogP) is 3.46. The molecule has 0 amide bonds. The molecule has 1 aliphatic carbocycles. The summed E-state index contributed by atoms with van der Waals surface area (Å²) in [5, 5.41) is 17.1. The standard InChI is InChI=1S/C15H25N3O2/c1-3-5-6-11-7-9-12(10-8-11)14-13(15(19)20)16-17-18(14)4-2/h11-12H,3-10H2,1-2H3,(H,19,20). The van der Waals surface area contributed by atoms with E-state index in [1.807, 2.05) is 6.92 Å². The number of carboxylic acids is 1. The van der Waals surface area contributed by atoms with Crippen LogP contribution in [0.2, 0.25) is 0 Å². The normalized spacial score (nSPS) is 22.9. The Labute approximate surface area is 120 Å². The quantitative estimate of drug-likeness (QED) is 0.865. The summed E-state index contributed by atoms with van der Waals surface area (Å²) in [6.45, 7) is 4.90. The highest BCUT2D eigenvalue weighted by Crippen LogP contribution is 2.38. The number of rotatable bonds is 6. The second-order valence-electron chi connectivity index (χ2n) is 5.80. The minimum atomic E-state index is -0.951. The summed E-state index contributed by atoms with van der Waals surface area (Å²) in [7, 11) is 0. The van der Waals surface area contributed by atoms with Gasteiger partial charge in [0, 0.05) is 12.5 Å². The first kappa shape index (κ1) is 15.0. The van der Waals surface area contributed by atoms with Gasteiger partial charge in [0.25, 0.3) is 0 Å². The minimum absolute atomic E-state index is 0.156. The van der Waals surface area contributed by atoms with Gasteiger partial charge < -0.3 is 5.11 Å². The van der Waals surface area contributed by atoms with Crippen LogP contribution in [0.5, 0.6) is 0 Å². The SMILES string of the molecule is CCCCC1CCC(c2c(C(=O)O)nnn2CC)CC1. The zero-order valence-corrected chi connectivity index (χ0v) is 12.5. The van der Waals surface area contributed by atoms with E-state index in [2.05, 4.69) is 17.2 Å². The molecule has 1 fully saturated rings. The van der Waals surface area contributed by atoms with Crippen molar-refractivity contribution in [1.82, 2.24) is 15.0 Å². The van der Waals surface area contributed by atoms with Crippen molar-refractivity contribution in [2.45, 2.75) is 71.3 Å². The molecule has 0 atom stereocenters. The number of hydrogen-bond donors (Lipinski definition) is 1. The third kappa shape index (κ3) is 3.19. The molecule has 2 rings (SSSR count). The molecule has 5 nitrogen and oxygen atoms in total. The van der Waals surface area contributed by atoms with E-state index in [1.54, 1.807) is 4.68 Å². The third-order valence-electron chi connectivity index (χ3n) is 4.47. The zero-order valence-electron chi connectivity index (χ0n) is 12.5. The summed E-state index contributed by atoms with van der Waals surface area (Å²) in [6, 6.07) is 0. The summed E-state index contributed by atoms with van der Waals surface area (Å²) in [5.74, 6) is 0.187. The van der Waals surface area contributed by atoms with Crippen molar-refractivity contribution in [3.8, 4) is 0 Å². The van der Waals surface area contributed by atoms with Crippen LogP contribution in [-0.2, 0) is 6.54 Å². The Morgan fingerprint density at radius 1 is 1.30 bits per heavy atom. The van der Waals surface area contributed by atoms with E-state index in [0.717, 1.165) is 24.5 Å². The average molecular weight is 279 g/mol. The highest BCUT2D eigenvalue weighted by molar-refractivity contribution is 5.86. The molecule has 112 valence electrons. The third-order valence-corrected chi connectivity index (χ3v) is 4.47. The molecule has 0 aliphatic heterocycles. The number of aromatic nitrogens is 3. The molecule has 0 radical (unpaired) electrons. The van der Waals surface area contributed by atoms with Crippen LogP contribution in [0.1, 0.15) is 80.9 Å². The second kappa shape index (κ2) is 6.86. The predicted molar refractivity (Wildman–Crippen MR) is 76.9 cm³/mol. The Morgan fingerprint density at radius 2 is 2.00 bits per heavy atom. The van der Waals surface area contributed by atoms with Gasteiger partial charge in [0.1, 0.15) is 0 Å². The minimum Gasteiger partial charge on any atom is -0.476 e. The first-order chi connectivity index (χ1) is 9.67. The molecule has 0 bridgehead atoms. The maximum atomic E-state index is 11.3. The van der Waals surface area contributed by atoms with Gasteiger partial charge in [0.2, 0.25) is 0 Å². The van der Waals surface area contributed by atoms with Crippen LogP contribution in [-0.4, -0.2) is 26.1 Å². The van der Waals surface area contributed by atoms with Gasteiger partial charge >= 0.3 is 5.97 Å². The zero-order chi connectivity index (χ0) is 14.5. The Hall–Kier alpha value is -1.39. The molecular formula is C15H25N3O2. The molecule has 1 heterocycles. The molecule has 20 heavy (non-hydrogen) atoms.